The van der Waals surface area contributed by atoms with Gasteiger partial charge in [-0.1, -0.05) is 11.2 Å². The van der Waals surface area contributed by atoms with Gasteiger partial charge in [0.05, 0.1) is 11.3 Å². The first-order valence-electron chi connectivity index (χ1n) is 4.78. The lowest BCUT2D eigenvalue weighted by Gasteiger charge is -2.11. The number of hydrogen-bond donors (Lipinski definition) is 2. The third-order valence-corrected chi connectivity index (χ3v) is 3.03. The van der Waals surface area contributed by atoms with Crippen molar-refractivity contribution in [2.24, 2.45) is 10.9 Å². The van der Waals surface area contributed by atoms with E-state index in [1.807, 2.05) is 24.5 Å². The van der Waals surface area contributed by atoms with Crippen LogP contribution in [-0.4, -0.2) is 32.1 Å². The molecule has 0 bridgehead atoms. The summed E-state index contributed by atoms with van der Waals surface area (Å²) in [6, 6.07) is 5.62. The molecule has 0 aliphatic carbocycles. The zero-order valence-electron chi connectivity index (χ0n) is 9.11. The topological polar surface area (TPSA) is 89.3 Å². The summed E-state index contributed by atoms with van der Waals surface area (Å²) >= 11 is 1.52. The van der Waals surface area contributed by atoms with Gasteiger partial charge in [-0.3, -0.25) is 0 Å². The minimum absolute atomic E-state index is 0.0560. The van der Waals surface area contributed by atoms with Crippen molar-refractivity contribution >= 4 is 17.6 Å². The van der Waals surface area contributed by atoms with Crippen LogP contribution in [0.25, 0.3) is 5.69 Å². The van der Waals surface area contributed by atoms with E-state index in [-0.39, 0.29) is 5.84 Å². The Labute approximate surface area is 102 Å². The summed E-state index contributed by atoms with van der Waals surface area (Å²) in [4.78, 5) is 4.79. The highest BCUT2D eigenvalue weighted by Crippen LogP contribution is 2.25. The molecule has 1 aromatic carbocycles. The molecule has 88 valence electrons. The molecule has 0 saturated heterocycles. The highest BCUT2D eigenvalue weighted by atomic mass is 32.2. The molecule has 7 heteroatoms. The molecule has 1 heterocycles. The number of nitrogens with zero attached hydrogens (tertiary/aromatic N) is 4. The van der Waals surface area contributed by atoms with Gasteiger partial charge in [-0.25, -0.2) is 9.67 Å². The molecule has 0 spiro atoms. The van der Waals surface area contributed by atoms with E-state index in [0.717, 1.165) is 10.6 Å². The quantitative estimate of drug-likeness (QED) is 0.279. The van der Waals surface area contributed by atoms with Gasteiger partial charge in [0.1, 0.15) is 12.7 Å². The Balaban J connectivity index is 2.67. The van der Waals surface area contributed by atoms with E-state index >= 15 is 0 Å². The summed E-state index contributed by atoms with van der Waals surface area (Å²) in [7, 11) is 0. The Morgan fingerprint density at radius 1 is 1.53 bits per heavy atom. The minimum atomic E-state index is 0.0560. The number of oxime groups is 1. The predicted molar refractivity (Wildman–Crippen MR) is 65.7 cm³/mol. The van der Waals surface area contributed by atoms with Crippen molar-refractivity contribution in [2.45, 2.75) is 4.90 Å². The Bertz CT molecular complexity index is 538. The fourth-order valence-electron chi connectivity index (χ4n) is 1.52. The molecule has 0 fully saturated rings. The van der Waals surface area contributed by atoms with Crippen molar-refractivity contribution < 1.29 is 5.21 Å². The van der Waals surface area contributed by atoms with Crippen LogP contribution in [0.2, 0.25) is 0 Å². The van der Waals surface area contributed by atoms with E-state index in [0.29, 0.717) is 5.56 Å². The Morgan fingerprint density at radius 3 is 2.94 bits per heavy atom. The van der Waals surface area contributed by atoms with Crippen LogP contribution in [0.1, 0.15) is 5.56 Å². The second-order valence-corrected chi connectivity index (χ2v) is 4.03. The zero-order valence-corrected chi connectivity index (χ0v) is 9.92. The number of rotatable bonds is 3. The number of thioether (sulfide) groups is 1. The number of aromatic nitrogens is 3. The molecule has 0 aliphatic heterocycles. The van der Waals surface area contributed by atoms with Gasteiger partial charge in [0.2, 0.25) is 0 Å². The molecule has 2 rings (SSSR count). The lowest BCUT2D eigenvalue weighted by atomic mass is 10.1. The van der Waals surface area contributed by atoms with E-state index in [1.54, 1.807) is 11.0 Å². The maximum absolute atomic E-state index is 8.84. The van der Waals surface area contributed by atoms with Crippen molar-refractivity contribution in [3.63, 3.8) is 0 Å². The maximum atomic E-state index is 8.84. The van der Waals surface area contributed by atoms with E-state index < -0.39 is 0 Å². The number of benzene rings is 1. The average molecular weight is 249 g/mol. The molecule has 6 nitrogen and oxygen atoms in total. The highest BCUT2D eigenvalue weighted by Gasteiger charge is 2.14. The molecule has 0 saturated carbocycles. The van der Waals surface area contributed by atoms with Crippen LogP contribution in [0.15, 0.2) is 40.9 Å². The van der Waals surface area contributed by atoms with Crippen LogP contribution < -0.4 is 5.73 Å². The van der Waals surface area contributed by atoms with Gasteiger partial charge in [0.25, 0.3) is 0 Å². The van der Waals surface area contributed by atoms with Crippen molar-refractivity contribution in [2.75, 3.05) is 6.26 Å². The summed E-state index contributed by atoms with van der Waals surface area (Å²) in [5, 5.41) is 15.9. The normalized spacial score (nSPS) is 11.7. The second kappa shape index (κ2) is 4.88. The largest absolute Gasteiger partial charge is 0.409 e. The maximum Gasteiger partial charge on any atom is 0.173 e. The van der Waals surface area contributed by atoms with E-state index in [1.165, 1.54) is 18.1 Å². The number of nitrogens with two attached hydrogens (primary N) is 1. The van der Waals surface area contributed by atoms with Crippen LogP contribution in [-0.2, 0) is 0 Å². The Kier molecular flexibility index (Phi) is 3.29. The van der Waals surface area contributed by atoms with Gasteiger partial charge in [0.15, 0.2) is 5.84 Å². The summed E-state index contributed by atoms with van der Waals surface area (Å²) in [5.41, 5.74) is 7.08. The molecular formula is C10H11N5OS. The molecule has 0 amide bonds. The summed E-state index contributed by atoms with van der Waals surface area (Å²) < 4.78 is 1.58. The fourth-order valence-corrected chi connectivity index (χ4v) is 2.15. The second-order valence-electron chi connectivity index (χ2n) is 3.18. The third kappa shape index (κ3) is 2.09. The Hall–Kier alpha value is -2.02. The summed E-state index contributed by atoms with van der Waals surface area (Å²) in [6.45, 7) is 0. The zero-order chi connectivity index (χ0) is 12.3. The molecule has 0 radical (unpaired) electrons. The van der Waals surface area contributed by atoms with Crippen molar-refractivity contribution in [3.8, 4) is 5.69 Å². The summed E-state index contributed by atoms with van der Waals surface area (Å²) in [6.07, 6.45) is 4.92. The molecular weight excluding hydrogens is 238 g/mol. The first-order valence-corrected chi connectivity index (χ1v) is 6.00. The van der Waals surface area contributed by atoms with Gasteiger partial charge < -0.3 is 10.9 Å². The van der Waals surface area contributed by atoms with E-state index in [4.69, 9.17) is 10.9 Å². The minimum Gasteiger partial charge on any atom is -0.409 e. The molecule has 0 unspecified atom stereocenters. The summed E-state index contributed by atoms with van der Waals surface area (Å²) in [5.74, 6) is 0.0560. The molecule has 0 atom stereocenters. The van der Waals surface area contributed by atoms with E-state index in [9.17, 15) is 0 Å². The van der Waals surface area contributed by atoms with Gasteiger partial charge in [-0.05, 0) is 18.4 Å². The first-order chi connectivity index (χ1) is 8.27. The fraction of sp³-hybridized carbons (Fsp3) is 0.100. The monoisotopic (exact) mass is 249 g/mol. The average Bonchev–Trinajstić information content (AvgIpc) is 2.90. The van der Waals surface area contributed by atoms with Crippen LogP contribution in [0.4, 0.5) is 0 Å². The standard InChI is InChI=1S/C10H11N5OS/c1-17-8-4-2-3-7(9(8)10(11)14-16)15-6-12-5-13-15/h2-6,16H,1H3,(H2,11,14). The molecule has 17 heavy (non-hydrogen) atoms. The number of amidine groups is 1. The highest BCUT2D eigenvalue weighted by molar-refractivity contribution is 7.98. The van der Waals surface area contributed by atoms with Crippen molar-refractivity contribution in [1.29, 1.82) is 0 Å². The predicted octanol–water partition coefficient (Wildman–Crippen LogP) is 1.08. The lowest BCUT2D eigenvalue weighted by molar-refractivity contribution is 0.318. The third-order valence-electron chi connectivity index (χ3n) is 2.25. The Morgan fingerprint density at radius 2 is 2.35 bits per heavy atom. The smallest absolute Gasteiger partial charge is 0.173 e. The SMILES string of the molecule is CSc1cccc(-n2cncn2)c1/C(N)=N/O. The molecule has 1 aromatic heterocycles. The van der Waals surface area contributed by atoms with Gasteiger partial charge in [0, 0.05) is 4.90 Å². The van der Waals surface area contributed by atoms with Crippen molar-refractivity contribution in [1.82, 2.24) is 14.8 Å². The van der Waals surface area contributed by atoms with Gasteiger partial charge >= 0.3 is 0 Å². The van der Waals surface area contributed by atoms with Crippen LogP contribution in [0, 0.1) is 0 Å². The van der Waals surface area contributed by atoms with Crippen LogP contribution in [0.3, 0.4) is 0 Å². The van der Waals surface area contributed by atoms with Crippen molar-refractivity contribution in [3.05, 3.63) is 36.4 Å². The molecule has 0 aliphatic rings. The lowest BCUT2D eigenvalue weighted by Crippen LogP contribution is -2.17. The molecule has 3 N–H and O–H groups in total. The van der Waals surface area contributed by atoms with E-state index in [2.05, 4.69) is 15.2 Å². The molecule has 2 aromatic rings. The van der Waals surface area contributed by atoms with Crippen LogP contribution >= 0.6 is 11.8 Å². The number of hydrogen-bond acceptors (Lipinski definition) is 5. The van der Waals surface area contributed by atoms with Gasteiger partial charge in [-0.2, -0.15) is 5.10 Å². The van der Waals surface area contributed by atoms with Crippen LogP contribution in [0.5, 0.6) is 0 Å². The first kappa shape index (κ1) is 11.5. The van der Waals surface area contributed by atoms with Gasteiger partial charge in [-0.15, -0.1) is 11.8 Å².